The maximum absolute atomic E-state index is 5.61. The first-order valence-corrected chi connectivity index (χ1v) is 9.55. The van der Waals surface area contributed by atoms with Crippen LogP contribution >= 0.6 is 12.2 Å². The van der Waals surface area contributed by atoms with Crippen molar-refractivity contribution in [3.63, 3.8) is 0 Å². The van der Waals surface area contributed by atoms with Crippen LogP contribution in [0.3, 0.4) is 0 Å². The number of piperazine rings is 1. The Kier molecular flexibility index (Phi) is 6.53. The molecule has 1 fully saturated rings. The van der Waals surface area contributed by atoms with Gasteiger partial charge in [-0.1, -0.05) is 29.8 Å². The van der Waals surface area contributed by atoms with Gasteiger partial charge in [0.25, 0.3) is 0 Å². The summed E-state index contributed by atoms with van der Waals surface area (Å²) in [5.41, 5.74) is 3.53. The third-order valence-corrected chi connectivity index (χ3v) is 5.15. The third-order valence-electron chi connectivity index (χ3n) is 4.79. The maximum Gasteiger partial charge on any atom is 0.173 e. The van der Waals surface area contributed by atoms with Crippen molar-refractivity contribution < 1.29 is 9.47 Å². The van der Waals surface area contributed by atoms with Gasteiger partial charge in [-0.3, -0.25) is 4.90 Å². The number of hydrogen-bond donors (Lipinski definition) is 1. The molecule has 0 atom stereocenters. The van der Waals surface area contributed by atoms with Gasteiger partial charge in [-0.2, -0.15) is 0 Å². The van der Waals surface area contributed by atoms with Crippen molar-refractivity contribution in [2.24, 2.45) is 0 Å². The summed E-state index contributed by atoms with van der Waals surface area (Å²) in [4.78, 5) is 4.69. The predicted octanol–water partition coefficient (Wildman–Crippen LogP) is 3.53. The summed E-state index contributed by atoms with van der Waals surface area (Å²) in [5.74, 6) is 1.48. The standard InChI is InChI=1S/C21H27N3O2S/c1-16-4-6-17(7-5-16)15-23-8-10-24(11-9-23)21(27)22-18-12-19(25-2)14-20(13-18)26-3/h4-7,12-14H,8-11,15H2,1-3H3,(H,22,27). The molecule has 0 aromatic heterocycles. The van der Waals surface area contributed by atoms with Gasteiger partial charge < -0.3 is 19.7 Å². The number of thiocarbonyl (C=S) groups is 1. The minimum absolute atomic E-state index is 0.736. The fourth-order valence-corrected chi connectivity index (χ4v) is 3.44. The fraction of sp³-hybridized carbons (Fsp3) is 0.381. The van der Waals surface area contributed by atoms with Crippen molar-refractivity contribution >= 4 is 23.0 Å². The Morgan fingerprint density at radius 3 is 2.11 bits per heavy atom. The van der Waals surface area contributed by atoms with Crippen molar-refractivity contribution in [1.29, 1.82) is 0 Å². The molecule has 144 valence electrons. The predicted molar refractivity (Wildman–Crippen MR) is 114 cm³/mol. The van der Waals surface area contributed by atoms with E-state index in [2.05, 4.69) is 46.3 Å². The molecule has 0 amide bonds. The summed E-state index contributed by atoms with van der Waals surface area (Å²) < 4.78 is 10.6. The zero-order valence-electron chi connectivity index (χ0n) is 16.2. The summed E-state index contributed by atoms with van der Waals surface area (Å²) >= 11 is 5.61. The molecule has 3 rings (SSSR count). The molecule has 1 saturated heterocycles. The topological polar surface area (TPSA) is 37.0 Å². The number of methoxy groups -OCH3 is 2. The molecule has 1 heterocycles. The first kappa shape index (κ1) is 19.5. The van der Waals surface area contributed by atoms with Crippen LogP contribution in [-0.4, -0.2) is 55.3 Å². The van der Waals surface area contributed by atoms with Gasteiger partial charge in [0.2, 0.25) is 0 Å². The Labute approximate surface area is 166 Å². The number of hydrogen-bond acceptors (Lipinski definition) is 4. The van der Waals surface area contributed by atoms with E-state index in [0.29, 0.717) is 0 Å². The molecule has 1 N–H and O–H groups in total. The molecule has 5 nitrogen and oxygen atoms in total. The van der Waals surface area contributed by atoms with Crippen molar-refractivity contribution in [3.05, 3.63) is 53.6 Å². The fourth-order valence-electron chi connectivity index (χ4n) is 3.14. The van der Waals surface area contributed by atoms with E-state index in [4.69, 9.17) is 21.7 Å². The van der Waals surface area contributed by atoms with Gasteiger partial charge in [-0.05, 0) is 24.7 Å². The Balaban J connectivity index is 1.53. The van der Waals surface area contributed by atoms with Crippen LogP contribution in [0.1, 0.15) is 11.1 Å². The van der Waals surface area contributed by atoms with Crippen molar-refractivity contribution in [2.75, 3.05) is 45.7 Å². The SMILES string of the molecule is COc1cc(NC(=S)N2CCN(Cc3ccc(C)cc3)CC2)cc(OC)c1. The maximum atomic E-state index is 5.61. The molecule has 6 heteroatoms. The molecule has 0 unspecified atom stereocenters. The lowest BCUT2D eigenvalue weighted by Crippen LogP contribution is -2.49. The van der Waals surface area contributed by atoms with E-state index < -0.39 is 0 Å². The summed E-state index contributed by atoms with van der Waals surface area (Å²) in [5, 5.41) is 4.05. The van der Waals surface area contributed by atoms with Gasteiger partial charge in [0.1, 0.15) is 11.5 Å². The van der Waals surface area contributed by atoms with Gasteiger partial charge >= 0.3 is 0 Å². The Morgan fingerprint density at radius 1 is 0.963 bits per heavy atom. The van der Waals surface area contributed by atoms with E-state index in [1.165, 1.54) is 11.1 Å². The highest BCUT2D eigenvalue weighted by Crippen LogP contribution is 2.26. The molecule has 0 radical (unpaired) electrons. The number of nitrogens with zero attached hydrogens (tertiary/aromatic N) is 2. The second kappa shape index (κ2) is 9.06. The number of nitrogens with one attached hydrogen (secondary N) is 1. The van der Waals surface area contributed by atoms with Gasteiger partial charge in [0.05, 0.1) is 14.2 Å². The summed E-state index contributed by atoms with van der Waals surface area (Å²) in [6.07, 6.45) is 0. The average Bonchev–Trinajstić information content (AvgIpc) is 2.70. The van der Waals surface area contributed by atoms with Crippen molar-refractivity contribution in [1.82, 2.24) is 9.80 Å². The molecule has 0 aliphatic carbocycles. The number of anilines is 1. The smallest absolute Gasteiger partial charge is 0.173 e. The lowest BCUT2D eigenvalue weighted by Gasteiger charge is -2.36. The minimum Gasteiger partial charge on any atom is -0.497 e. The molecule has 1 aliphatic heterocycles. The van der Waals surface area contributed by atoms with Crippen LogP contribution in [0.4, 0.5) is 5.69 Å². The van der Waals surface area contributed by atoms with E-state index in [1.54, 1.807) is 14.2 Å². The molecular weight excluding hydrogens is 358 g/mol. The van der Waals surface area contributed by atoms with Crippen LogP contribution in [0.2, 0.25) is 0 Å². The first-order valence-electron chi connectivity index (χ1n) is 9.14. The molecule has 0 spiro atoms. The summed E-state index contributed by atoms with van der Waals surface area (Å²) in [7, 11) is 3.29. The Morgan fingerprint density at radius 2 is 1.56 bits per heavy atom. The van der Waals surface area contributed by atoms with Gasteiger partial charge in [-0.15, -0.1) is 0 Å². The quantitative estimate of drug-likeness (QED) is 0.794. The number of aryl methyl sites for hydroxylation is 1. The normalized spacial score (nSPS) is 14.7. The lowest BCUT2D eigenvalue weighted by atomic mass is 10.1. The van der Waals surface area contributed by atoms with E-state index >= 15 is 0 Å². The van der Waals surface area contributed by atoms with Crippen LogP contribution < -0.4 is 14.8 Å². The van der Waals surface area contributed by atoms with Gasteiger partial charge in [0.15, 0.2) is 5.11 Å². The molecule has 27 heavy (non-hydrogen) atoms. The van der Waals surface area contributed by atoms with Gasteiger partial charge in [-0.25, -0.2) is 0 Å². The first-order chi connectivity index (χ1) is 13.1. The van der Waals surface area contributed by atoms with Gasteiger partial charge in [0, 0.05) is 56.6 Å². The highest BCUT2D eigenvalue weighted by atomic mass is 32.1. The van der Waals surface area contributed by atoms with E-state index in [9.17, 15) is 0 Å². The second-order valence-electron chi connectivity index (χ2n) is 6.78. The second-order valence-corrected chi connectivity index (χ2v) is 7.17. The van der Waals surface area contributed by atoms with Crippen LogP contribution in [0, 0.1) is 6.92 Å². The molecule has 1 aliphatic rings. The zero-order chi connectivity index (χ0) is 19.2. The monoisotopic (exact) mass is 385 g/mol. The molecular formula is C21H27N3O2S. The molecule has 2 aromatic carbocycles. The molecule has 0 bridgehead atoms. The number of ether oxygens (including phenoxy) is 2. The van der Waals surface area contributed by atoms with Crippen LogP contribution in [0.5, 0.6) is 11.5 Å². The molecule has 0 saturated carbocycles. The highest BCUT2D eigenvalue weighted by molar-refractivity contribution is 7.80. The van der Waals surface area contributed by atoms with Crippen LogP contribution in [-0.2, 0) is 6.54 Å². The zero-order valence-corrected chi connectivity index (χ0v) is 17.0. The number of rotatable bonds is 5. The summed E-state index contributed by atoms with van der Waals surface area (Å²) in [6.45, 7) is 6.93. The summed E-state index contributed by atoms with van der Waals surface area (Å²) in [6, 6.07) is 14.5. The third kappa shape index (κ3) is 5.34. The van der Waals surface area contributed by atoms with Crippen molar-refractivity contribution in [3.8, 4) is 11.5 Å². The Hall–Kier alpha value is -2.31. The average molecular weight is 386 g/mol. The van der Waals surface area contributed by atoms with E-state index in [-0.39, 0.29) is 0 Å². The largest absolute Gasteiger partial charge is 0.497 e. The van der Waals surface area contributed by atoms with Crippen LogP contribution in [0.15, 0.2) is 42.5 Å². The lowest BCUT2D eigenvalue weighted by molar-refractivity contribution is 0.177. The molecule has 2 aromatic rings. The van der Waals surface area contributed by atoms with E-state index in [0.717, 1.165) is 55.0 Å². The van der Waals surface area contributed by atoms with Crippen molar-refractivity contribution in [2.45, 2.75) is 13.5 Å². The van der Waals surface area contributed by atoms with Crippen LogP contribution in [0.25, 0.3) is 0 Å². The Bertz CT molecular complexity index is 749. The number of benzene rings is 2. The highest BCUT2D eigenvalue weighted by Gasteiger charge is 2.19. The van der Waals surface area contributed by atoms with E-state index in [1.807, 2.05) is 18.2 Å². The minimum atomic E-state index is 0.736.